The summed E-state index contributed by atoms with van der Waals surface area (Å²) in [5, 5.41) is 3.14. The first kappa shape index (κ1) is 14.7. The molecule has 0 unspecified atom stereocenters. The standard InChI is InChI=1S/C18H24N4O/c1-12-2-5-15-16(10-12)21-17(20-15)11-22-8-6-13(7-9-22)18(23)19-14-3-4-14/h2,5,10,13-14H,3-4,6-9,11H2,1H3,(H,19,23)(H,20,21). The zero-order valence-corrected chi connectivity index (χ0v) is 13.6. The summed E-state index contributed by atoms with van der Waals surface area (Å²) in [6.45, 7) is 4.87. The molecule has 1 saturated heterocycles. The van der Waals surface area contributed by atoms with Crippen molar-refractivity contribution in [2.24, 2.45) is 5.92 Å². The number of aryl methyl sites for hydroxylation is 1. The topological polar surface area (TPSA) is 61.0 Å². The van der Waals surface area contributed by atoms with Gasteiger partial charge in [-0.2, -0.15) is 0 Å². The second-order valence-corrected chi connectivity index (χ2v) is 7.04. The van der Waals surface area contributed by atoms with E-state index in [1.807, 2.05) is 0 Å². The first-order chi connectivity index (χ1) is 11.2. The highest BCUT2D eigenvalue weighted by Crippen LogP contribution is 2.23. The van der Waals surface area contributed by atoms with Gasteiger partial charge in [0, 0.05) is 12.0 Å². The molecule has 1 amide bonds. The number of piperidine rings is 1. The van der Waals surface area contributed by atoms with Crippen molar-refractivity contribution in [3.8, 4) is 0 Å². The molecule has 2 fully saturated rings. The van der Waals surface area contributed by atoms with E-state index in [4.69, 9.17) is 0 Å². The summed E-state index contributed by atoms with van der Waals surface area (Å²) in [5.74, 6) is 1.49. The Balaban J connectivity index is 1.33. The number of aromatic nitrogens is 2. The number of nitrogens with one attached hydrogen (secondary N) is 2. The Hall–Kier alpha value is -1.88. The first-order valence-electron chi connectivity index (χ1n) is 8.65. The quantitative estimate of drug-likeness (QED) is 0.911. The molecular formula is C18H24N4O. The number of fused-ring (bicyclic) bond motifs is 1. The van der Waals surface area contributed by atoms with Crippen LogP contribution in [0.25, 0.3) is 11.0 Å². The number of likely N-dealkylation sites (tertiary alicyclic amines) is 1. The molecule has 122 valence electrons. The van der Waals surface area contributed by atoms with Gasteiger partial charge in [-0.1, -0.05) is 6.07 Å². The Morgan fingerprint density at radius 3 is 2.83 bits per heavy atom. The number of benzene rings is 1. The predicted octanol–water partition coefficient (Wildman–Crippen LogP) is 2.36. The summed E-state index contributed by atoms with van der Waals surface area (Å²) in [7, 11) is 0. The highest BCUT2D eigenvalue weighted by atomic mass is 16.2. The van der Waals surface area contributed by atoms with E-state index in [2.05, 4.69) is 45.3 Å². The van der Waals surface area contributed by atoms with Crippen molar-refractivity contribution in [1.29, 1.82) is 0 Å². The molecule has 23 heavy (non-hydrogen) atoms. The van der Waals surface area contributed by atoms with E-state index in [9.17, 15) is 4.79 Å². The number of nitrogens with zero attached hydrogens (tertiary/aromatic N) is 2. The molecule has 2 aromatic rings. The highest BCUT2D eigenvalue weighted by Gasteiger charge is 2.30. The van der Waals surface area contributed by atoms with Crippen LogP contribution in [0, 0.1) is 12.8 Å². The van der Waals surface area contributed by atoms with Crippen molar-refractivity contribution >= 4 is 16.9 Å². The van der Waals surface area contributed by atoms with Crippen molar-refractivity contribution in [3.63, 3.8) is 0 Å². The summed E-state index contributed by atoms with van der Waals surface area (Å²) in [4.78, 5) is 22.6. The molecule has 1 saturated carbocycles. The zero-order valence-electron chi connectivity index (χ0n) is 13.6. The molecule has 5 nitrogen and oxygen atoms in total. The molecule has 2 N–H and O–H groups in total. The van der Waals surface area contributed by atoms with Crippen molar-refractivity contribution in [2.45, 2.75) is 45.2 Å². The average Bonchev–Trinajstić information content (AvgIpc) is 3.26. The van der Waals surface area contributed by atoms with Crippen LogP contribution >= 0.6 is 0 Å². The summed E-state index contributed by atoms with van der Waals surface area (Å²) < 4.78 is 0. The monoisotopic (exact) mass is 312 g/mol. The molecular weight excluding hydrogens is 288 g/mol. The normalized spacial score (nSPS) is 20.0. The van der Waals surface area contributed by atoms with E-state index < -0.39 is 0 Å². The number of carbonyl (C=O) groups is 1. The number of amides is 1. The van der Waals surface area contributed by atoms with E-state index >= 15 is 0 Å². The van der Waals surface area contributed by atoms with Gasteiger partial charge in [-0.05, 0) is 63.4 Å². The average molecular weight is 312 g/mol. The molecule has 0 bridgehead atoms. The molecule has 0 radical (unpaired) electrons. The number of aromatic amines is 1. The van der Waals surface area contributed by atoms with Gasteiger partial charge in [0.05, 0.1) is 17.6 Å². The van der Waals surface area contributed by atoms with Crippen LogP contribution in [0.3, 0.4) is 0 Å². The van der Waals surface area contributed by atoms with Crippen LogP contribution in [0.15, 0.2) is 18.2 Å². The van der Waals surface area contributed by atoms with E-state index in [1.165, 1.54) is 5.56 Å². The summed E-state index contributed by atoms with van der Waals surface area (Å²) in [5.41, 5.74) is 3.39. The third kappa shape index (κ3) is 3.39. The van der Waals surface area contributed by atoms with Gasteiger partial charge < -0.3 is 10.3 Å². The lowest BCUT2D eigenvalue weighted by atomic mass is 9.96. The number of H-pyrrole nitrogens is 1. The fraction of sp³-hybridized carbons (Fsp3) is 0.556. The molecule has 1 aliphatic heterocycles. The van der Waals surface area contributed by atoms with Gasteiger partial charge in [0.1, 0.15) is 5.82 Å². The molecule has 2 heterocycles. The fourth-order valence-corrected chi connectivity index (χ4v) is 3.36. The third-order valence-electron chi connectivity index (χ3n) is 4.94. The van der Waals surface area contributed by atoms with Crippen LogP contribution in [0.5, 0.6) is 0 Å². The SMILES string of the molecule is Cc1ccc2nc(CN3CCC(C(=O)NC4CC4)CC3)[nH]c2c1. The van der Waals surface area contributed by atoms with E-state index in [-0.39, 0.29) is 11.8 Å². The number of rotatable bonds is 4. The van der Waals surface area contributed by atoms with E-state index in [1.54, 1.807) is 0 Å². The summed E-state index contributed by atoms with van der Waals surface area (Å²) >= 11 is 0. The van der Waals surface area contributed by atoms with E-state index in [0.29, 0.717) is 6.04 Å². The van der Waals surface area contributed by atoms with Crippen LogP contribution in [0.1, 0.15) is 37.1 Å². The second kappa shape index (κ2) is 5.96. The molecule has 4 rings (SSSR count). The van der Waals surface area contributed by atoms with Crippen LogP contribution in [-0.2, 0) is 11.3 Å². The van der Waals surface area contributed by atoms with Crippen LogP contribution in [-0.4, -0.2) is 39.9 Å². The van der Waals surface area contributed by atoms with Crippen molar-refractivity contribution in [1.82, 2.24) is 20.2 Å². The lowest BCUT2D eigenvalue weighted by Crippen LogP contribution is -2.40. The molecule has 2 aliphatic rings. The van der Waals surface area contributed by atoms with Gasteiger partial charge in [-0.15, -0.1) is 0 Å². The zero-order chi connectivity index (χ0) is 15.8. The lowest BCUT2D eigenvalue weighted by Gasteiger charge is -2.30. The molecule has 1 aromatic heterocycles. The maximum Gasteiger partial charge on any atom is 0.223 e. The Labute approximate surface area is 136 Å². The smallest absolute Gasteiger partial charge is 0.223 e. The maximum absolute atomic E-state index is 12.1. The first-order valence-corrected chi connectivity index (χ1v) is 8.65. The molecule has 0 spiro atoms. The predicted molar refractivity (Wildman–Crippen MR) is 90.0 cm³/mol. The highest BCUT2D eigenvalue weighted by molar-refractivity contribution is 5.79. The number of hydrogen-bond acceptors (Lipinski definition) is 3. The lowest BCUT2D eigenvalue weighted by molar-refractivity contribution is -0.126. The van der Waals surface area contributed by atoms with Crippen molar-refractivity contribution < 1.29 is 4.79 Å². The fourth-order valence-electron chi connectivity index (χ4n) is 3.36. The number of carbonyl (C=O) groups excluding carboxylic acids is 1. The Bertz CT molecular complexity index is 711. The largest absolute Gasteiger partial charge is 0.353 e. The van der Waals surface area contributed by atoms with Crippen molar-refractivity contribution in [3.05, 3.63) is 29.6 Å². The van der Waals surface area contributed by atoms with Crippen LogP contribution in [0.2, 0.25) is 0 Å². The minimum Gasteiger partial charge on any atom is -0.353 e. The number of imidazole rings is 1. The third-order valence-corrected chi connectivity index (χ3v) is 4.94. The van der Waals surface area contributed by atoms with Crippen LogP contribution in [0.4, 0.5) is 0 Å². The van der Waals surface area contributed by atoms with Gasteiger partial charge >= 0.3 is 0 Å². The van der Waals surface area contributed by atoms with Crippen molar-refractivity contribution in [2.75, 3.05) is 13.1 Å². The second-order valence-electron chi connectivity index (χ2n) is 7.04. The Morgan fingerprint density at radius 1 is 1.30 bits per heavy atom. The van der Waals surface area contributed by atoms with E-state index in [0.717, 1.165) is 62.2 Å². The maximum atomic E-state index is 12.1. The number of hydrogen-bond donors (Lipinski definition) is 2. The molecule has 0 atom stereocenters. The minimum atomic E-state index is 0.199. The van der Waals surface area contributed by atoms with Gasteiger partial charge in [-0.3, -0.25) is 9.69 Å². The summed E-state index contributed by atoms with van der Waals surface area (Å²) in [6, 6.07) is 6.77. The minimum absolute atomic E-state index is 0.199. The molecule has 1 aliphatic carbocycles. The Morgan fingerprint density at radius 2 is 2.09 bits per heavy atom. The van der Waals surface area contributed by atoms with Gasteiger partial charge in [0.2, 0.25) is 5.91 Å². The van der Waals surface area contributed by atoms with Gasteiger partial charge in [0.25, 0.3) is 0 Å². The summed E-state index contributed by atoms with van der Waals surface area (Å²) in [6.07, 6.45) is 4.24. The molecule has 5 heteroatoms. The molecule has 1 aromatic carbocycles. The van der Waals surface area contributed by atoms with Gasteiger partial charge in [-0.25, -0.2) is 4.98 Å². The Kier molecular flexibility index (Phi) is 3.81. The van der Waals surface area contributed by atoms with Gasteiger partial charge in [0.15, 0.2) is 0 Å². The van der Waals surface area contributed by atoms with Crippen LogP contribution < -0.4 is 5.32 Å².